The summed E-state index contributed by atoms with van der Waals surface area (Å²) in [5.74, 6) is 0. The van der Waals surface area contributed by atoms with Crippen molar-refractivity contribution in [3.63, 3.8) is 0 Å². The third kappa shape index (κ3) is 3.05. The fourth-order valence-electron chi connectivity index (χ4n) is 5.05. The summed E-state index contributed by atoms with van der Waals surface area (Å²) < 4.78 is 0. The third-order valence-electron chi connectivity index (χ3n) is 7.70. The van der Waals surface area contributed by atoms with Crippen LogP contribution in [-0.4, -0.2) is 0 Å². The maximum absolute atomic E-state index is 2.41. The predicted molar refractivity (Wildman–Crippen MR) is 134 cm³/mol. The molecule has 5 rings (SSSR count). The minimum Gasteiger partial charge on any atom is -0.0505 e. The highest BCUT2D eigenvalue weighted by Crippen LogP contribution is 2.21. The highest BCUT2D eigenvalue weighted by Gasteiger charge is 2.07. The second kappa shape index (κ2) is 7.20. The first-order valence-electron chi connectivity index (χ1n) is 11.6. The lowest BCUT2D eigenvalue weighted by molar-refractivity contribution is 1.19. The zero-order valence-corrected chi connectivity index (χ0v) is 20.6. The van der Waals surface area contributed by atoms with Crippen LogP contribution in [0, 0.1) is 97.1 Å². The quantitative estimate of drug-likeness (QED) is 0.244. The summed E-state index contributed by atoms with van der Waals surface area (Å²) in [6.45, 7) is 17.9. The largest absolute Gasteiger partial charge is 0.0505 e. The van der Waals surface area contributed by atoms with E-state index in [2.05, 4.69) is 104 Å². The number of hydrogen-bond acceptors (Lipinski definition) is 0. The molecule has 1 aliphatic carbocycles. The molecule has 0 unspecified atom stereocenters. The van der Waals surface area contributed by atoms with Gasteiger partial charge in [0.2, 0.25) is 0 Å². The molecular weight excluding hydrogens is 384 g/mol. The van der Waals surface area contributed by atoms with E-state index in [-0.39, 0.29) is 0 Å². The van der Waals surface area contributed by atoms with Gasteiger partial charge in [-0.05, 0) is 142 Å². The van der Waals surface area contributed by atoms with Crippen LogP contribution in [0.15, 0.2) is 48.5 Å². The Kier molecular flexibility index (Phi) is 4.67. The first kappa shape index (κ1) is 20.8. The number of fused-ring (bicyclic) bond motifs is 4. The van der Waals surface area contributed by atoms with E-state index in [0.29, 0.717) is 0 Å². The lowest BCUT2D eigenvalue weighted by Crippen LogP contribution is -1.96. The van der Waals surface area contributed by atoms with Crippen LogP contribution in [0.5, 0.6) is 0 Å². The summed E-state index contributed by atoms with van der Waals surface area (Å²) in [7, 11) is 0. The van der Waals surface area contributed by atoms with Gasteiger partial charge in [-0.15, -0.1) is 0 Å². The Hall–Kier alpha value is -3.12. The van der Waals surface area contributed by atoms with Gasteiger partial charge in [-0.3, -0.25) is 0 Å². The molecule has 0 heteroatoms. The molecule has 4 aromatic rings. The van der Waals surface area contributed by atoms with Crippen LogP contribution in [-0.2, 0) is 0 Å². The molecule has 0 atom stereocenters. The average molecular weight is 417 g/mol. The number of rotatable bonds is 0. The average Bonchev–Trinajstić information content (AvgIpc) is 2.74. The Bertz CT molecular complexity index is 1380. The topological polar surface area (TPSA) is 0 Å². The van der Waals surface area contributed by atoms with Gasteiger partial charge in [0.1, 0.15) is 0 Å². The first-order chi connectivity index (χ1) is 15.2. The van der Waals surface area contributed by atoms with Gasteiger partial charge in [-0.2, -0.15) is 0 Å². The SMILES string of the molecule is Cc1cc2/c(cc1C)=c1/cc(C)c(C)c/c1=c1\cc(C)c(C)c\c1=c1/cc(C)c(C)c/c1=2. The van der Waals surface area contributed by atoms with Crippen molar-refractivity contribution >= 4 is 0 Å². The van der Waals surface area contributed by atoms with Crippen LogP contribution >= 0.6 is 0 Å². The first-order valence-corrected chi connectivity index (χ1v) is 11.6. The fourth-order valence-corrected chi connectivity index (χ4v) is 5.05. The van der Waals surface area contributed by atoms with E-state index in [1.54, 1.807) is 0 Å². The van der Waals surface area contributed by atoms with Crippen LogP contribution in [0.1, 0.15) is 44.5 Å². The molecule has 0 nitrogen and oxygen atoms in total. The van der Waals surface area contributed by atoms with Gasteiger partial charge in [0.25, 0.3) is 0 Å². The molecule has 32 heavy (non-hydrogen) atoms. The van der Waals surface area contributed by atoms with Crippen molar-refractivity contribution in [3.8, 4) is 0 Å². The Morgan fingerprint density at radius 2 is 0.312 bits per heavy atom. The van der Waals surface area contributed by atoms with Crippen LogP contribution < -0.4 is 0 Å². The van der Waals surface area contributed by atoms with Crippen LogP contribution in [0.4, 0.5) is 0 Å². The molecule has 0 bridgehead atoms. The van der Waals surface area contributed by atoms with Crippen LogP contribution in [0.2, 0.25) is 0 Å². The lowest BCUT2D eigenvalue weighted by atomic mass is 9.94. The molecule has 160 valence electrons. The van der Waals surface area contributed by atoms with Gasteiger partial charge < -0.3 is 0 Å². The highest BCUT2D eigenvalue weighted by molar-refractivity contribution is 5.40. The van der Waals surface area contributed by atoms with E-state index in [0.717, 1.165) is 0 Å². The molecule has 0 saturated carbocycles. The standard InChI is InChI=1S/C32H32/c1-17-9-25-26(10-18(17)2)28-12-20(4)22(6)14-30(28)32-16-24(8)23(7)15-31(32)29-13-21(5)19(3)11-27(25)29/h9-16H,1-8H3/b27-25-,28-26-,31-29-,32-30-. The fraction of sp³-hybridized carbons (Fsp3) is 0.250. The Labute approximate surface area is 190 Å². The molecule has 4 aromatic carbocycles. The van der Waals surface area contributed by atoms with Crippen molar-refractivity contribution in [1.82, 2.24) is 0 Å². The zero-order valence-electron chi connectivity index (χ0n) is 20.6. The van der Waals surface area contributed by atoms with Gasteiger partial charge in [0.15, 0.2) is 0 Å². The van der Waals surface area contributed by atoms with E-state index in [9.17, 15) is 0 Å². The molecule has 0 aliphatic heterocycles. The Balaban J connectivity index is 2.44. The lowest BCUT2D eigenvalue weighted by Gasteiger charge is -2.10. The highest BCUT2D eigenvalue weighted by atomic mass is 14.1. The summed E-state index contributed by atoms with van der Waals surface area (Å²) in [6, 6.07) is 19.2. The Morgan fingerprint density at radius 1 is 0.219 bits per heavy atom. The van der Waals surface area contributed by atoms with Gasteiger partial charge in [-0.25, -0.2) is 0 Å². The van der Waals surface area contributed by atoms with Crippen molar-refractivity contribution in [3.05, 3.63) is 135 Å². The van der Waals surface area contributed by atoms with Crippen molar-refractivity contribution in [2.45, 2.75) is 55.4 Å². The second-order valence-corrected chi connectivity index (χ2v) is 9.93. The van der Waals surface area contributed by atoms with E-state index < -0.39 is 0 Å². The molecule has 0 radical (unpaired) electrons. The molecule has 0 spiro atoms. The van der Waals surface area contributed by atoms with E-state index >= 15 is 0 Å². The van der Waals surface area contributed by atoms with Gasteiger partial charge in [-0.1, -0.05) is 48.5 Å². The summed E-state index contributed by atoms with van der Waals surface area (Å²) in [6.07, 6.45) is 0. The monoisotopic (exact) mass is 416 g/mol. The van der Waals surface area contributed by atoms with E-state index in [4.69, 9.17) is 0 Å². The zero-order chi connectivity index (χ0) is 22.9. The smallest absolute Gasteiger partial charge is 0.00960 e. The van der Waals surface area contributed by atoms with Gasteiger partial charge in [0.05, 0.1) is 0 Å². The minimum absolute atomic E-state index is 1.35. The van der Waals surface area contributed by atoms with Crippen molar-refractivity contribution in [1.29, 1.82) is 0 Å². The third-order valence-corrected chi connectivity index (χ3v) is 7.70. The second-order valence-electron chi connectivity index (χ2n) is 9.93. The predicted octanol–water partition coefficient (Wildman–Crippen LogP) is 7.62. The summed E-state index contributed by atoms with van der Waals surface area (Å²) in [5, 5.41) is 10.8. The molecule has 0 amide bonds. The number of hydrogen-bond donors (Lipinski definition) is 0. The molecule has 0 heterocycles. The van der Waals surface area contributed by atoms with Gasteiger partial charge >= 0.3 is 0 Å². The minimum atomic E-state index is 1.35. The van der Waals surface area contributed by atoms with Crippen LogP contribution in [0.25, 0.3) is 0 Å². The maximum atomic E-state index is 2.41. The summed E-state index contributed by atoms with van der Waals surface area (Å²) >= 11 is 0. The maximum Gasteiger partial charge on any atom is -0.00960 e. The van der Waals surface area contributed by atoms with Gasteiger partial charge in [0, 0.05) is 0 Å². The summed E-state index contributed by atoms with van der Waals surface area (Å²) in [4.78, 5) is 0. The van der Waals surface area contributed by atoms with Crippen molar-refractivity contribution < 1.29 is 0 Å². The molecule has 0 fully saturated rings. The van der Waals surface area contributed by atoms with E-state index in [1.165, 1.54) is 86.3 Å². The Morgan fingerprint density at radius 3 is 0.406 bits per heavy atom. The number of benzene rings is 4. The summed E-state index contributed by atoms with van der Waals surface area (Å²) in [5.41, 5.74) is 10.8. The molecule has 0 aromatic heterocycles. The van der Waals surface area contributed by atoms with Crippen LogP contribution in [0.3, 0.4) is 0 Å². The van der Waals surface area contributed by atoms with E-state index in [1.807, 2.05) is 0 Å². The molecule has 1 aliphatic rings. The van der Waals surface area contributed by atoms with Crippen molar-refractivity contribution in [2.75, 3.05) is 0 Å². The molecular formula is C32H32. The van der Waals surface area contributed by atoms with Crippen molar-refractivity contribution in [2.24, 2.45) is 0 Å². The molecule has 0 saturated heterocycles. The molecule has 0 N–H and O–H groups in total. The number of aryl methyl sites for hydroxylation is 8. The normalized spacial score (nSPS) is 16.2.